The zero-order valence-corrected chi connectivity index (χ0v) is 15.4. The predicted molar refractivity (Wildman–Crippen MR) is 107 cm³/mol. The second-order valence-corrected chi connectivity index (χ2v) is 6.78. The number of hydrogen-bond donors (Lipinski definition) is 2. The van der Waals surface area contributed by atoms with E-state index in [-0.39, 0.29) is 5.91 Å². The fourth-order valence-electron chi connectivity index (χ4n) is 3.22. The normalized spacial score (nSPS) is 11.0. The van der Waals surface area contributed by atoms with Crippen LogP contribution >= 0.6 is 11.6 Å². The van der Waals surface area contributed by atoms with E-state index in [1.807, 2.05) is 18.3 Å². The Labute approximate surface area is 162 Å². The van der Waals surface area contributed by atoms with Crippen LogP contribution in [-0.2, 0) is 13.0 Å². The molecule has 0 radical (unpaired) electrons. The summed E-state index contributed by atoms with van der Waals surface area (Å²) < 4.78 is 2.18. The van der Waals surface area contributed by atoms with E-state index in [1.165, 1.54) is 10.9 Å². The van der Waals surface area contributed by atoms with Gasteiger partial charge in [-0.15, -0.1) is 0 Å². The van der Waals surface area contributed by atoms with Gasteiger partial charge in [-0.25, -0.2) is 4.98 Å². The molecule has 0 bridgehead atoms. The number of para-hydroxylation sites is 1. The van der Waals surface area contributed by atoms with Crippen molar-refractivity contribution in [2.45, 2.75) is 13.0 Å². The van der Waals surface area contributed by atoms with Crippen molar-refractivity contribution in [3.8, 4) is 0 Å². The van der Waals surface area contributed by atoms with Crippen molar-refractivity contribution in [3.63, 3.8) is 0 Å². The lowest BCUT2D eigenvalue weighted by Crippen LogP contribution is -2.27. The molecule has 4 aromatic rings. The fraction of sp³-hybridized carbons (Fsp3) is 0.143. The molecule has 2 aromatic heterocycles. The molecule has 0 aliphatic carbocycles. The Bertz CT molecular complexity index is 1050. The first-order valence-electron chi connectivity index (χ1n) is 8.79. The molecule has 0 spiro atoms. The molecular weight excluding hydrogens is 360 g/mol. The zero-order valence-electron chi connectivity index (χ0n) is 14.7. The molecule has 0 saturated carbocycles. The molecule has 5 nitrogen and oxygen atoms in total. The standard InChI is InChI=1S/C21H19ClN4O/c22-17-7-5-15(6-8-17)21(27)25-11-12-26-14-16(13-20-23-9-10-24-20)18-3-1-2-4-19(18)26/h1-10,14H,11-13H2,(H,23,24)(H,25,27). The van der Waals surface area contributed by atoms with Gasteiger partial charge in [-0.3, -0.25) is 4.79 Å². The third-order valence-electron chi connectivity index (χ3n) is 4.53. The molecule has 0 saturated heterocycles. The maximum atomic E-state index is 12.3. The summed E-state index contributed by atoms with van der Waals surface area (Å²) in [5.74, 6) is 0.841. The number of H-pyrrole nitrogens is 1. The molecule has 2 N–H and O–H groups in total. The van der Waals surface area contributed by atoms with Crippen molar-refractivity contribution < 1.29 is 4.79 Å². The molecule has 27 heavy (non-hydrogen) atoms. The summed E-state index contributed by atoms with van der Waals surface area (Å²) in [6.07, 6.45) is 6.49. The highest BCUT2D eigenvalue weighted by atomic mass is 35.5. The van der Waals surface area contributed by atoms with Gasteiger partial charge in [-0.2, -0.15) is 0 Å². The van der Waals surface area contributed by atoms with E-state index in [0.29, 0.717) is 23.7 Å². The number of nitrogens with one attached hydrogen (secondary N) is 2. The van der Waals surface area contributed by atoms with Crippen LogP contribution in [0.25, 0.3) is 10.9 Å². The molecule has 6 heteroatoms. The van der Waals surface area contributed by atoms with Crippen LogP contribution in [0.5, 0.6) is 0 Å². The number of fused-ring (bicyclic) bond motifs is 1. The number of carbonyl (C=O) groups is 1. The molecule has 4 rings (SSSR count). The molecule has 0 aliphatic heterocycles. The summed E-state index contributed by atoms with van der Waals surface area (Å²) in [5.41, 5.74) is 2.97. The van der Waals surface area contributed by atoms with Crippen LogP contribution in [0.3, 0.4) is 0 Å². The van der Waals surface area contributed by atoms with Crippen LogP contribution in [0.4, 0.5) is 0 Å². The Kier molecular flexibility index (Phi) is 4.94. The van der Waals surface area contributed by atoms with Crippen molar-refractivity contribution in [1.82, 2.24) is 19.9 Å². The third kappa shape index (κ3) is 3.88. The van der Waals surface area contributed by atoms with Crippen LogP contribution in [0.2, 0.25) is 5.02 Å². The van der Waals surface area contributed by atoms with E-state index < -0.39 is 0 Å². The minimum Gasteiger partial charge on any atom is -0.350 e. The Morgan fingerprint density at radius 1 is 1.15 bits per heavy atom. The molecular formula is C21H19ClN4O. The Morgan fingerprint density at radius 2 is 1.96 bits per heavy atom. The second-order valence-electron chi connectivity index (χ2n) is 6.34. The molecule has 0 atom stereocenters. The SMILES string of the molecule is O=C(NCCn1cc(Cc2ncc[nH]2)c2ccccc21)c1ccc(Cl)cc1. The Morgan fingerprint density at radius 3 is 2.74 bits per heavy atom. The number of amides is 1. The quantitative estimate of drug-likeness (QED) is 0.532. The first-order chi connectivity index (χ1) is 13.2. The predicted octanol–water partition coefficient (Wildman–Crippen LogP) is 4.04. The number of rotatable bonds is 6. The first kappa shape index (κ1) is 17.4. The van der Waals surface area contributed by atoms with Crippen LogP contribution in [-0.4, -0.2) is 27.0 Å². The van der Waals surface area contributed by atoms with Gasteiger partial charge < -0.3 is 14.9 Å². The number of aromatic nitrogens is 3. The van der Waals surface area contributed by atoms with Gasteiger partial charge in [-0.05, 0) is 35.9 Å². The summed E-state index contributed by atoms with van der Waals surface area (Å²) in [6.45, 7) is 1.23. The number of imidazole rings is 1. The van der Waals surface area contributed by atoms with E-state index in [9.17, 15) is 4.79 Å². The Hall–Kier alpha value is -3.05. The van der Waals surface area contributed by atoms with Crippen molar-refractivity contribution in [2.24, 2.45) is 0 Å². The third-order valence-corrected chi connectivity index (χ3v) is 4.78. The molecule has 1 amide bonds. The Balaban J connectivity index is 1.47. The highest BCUT2D eigenvalue weighted by molar-refractivity contribution is 6.30. The minimum atomic E-state index is -0.0982. The average Bonchev–Trinajstić information content (AvgIpc) is 3.31. The highest BCUT2D eigenvalue weighted by Crippen LogP contribution is 2.23. The van der Waals surface area contributed by atoms with Crippen molar-refractivity contribution in [2.75, 3.05) is 6.54 Å². The molecule has 2 heterocycles. The lowest BCUT2D eigenvalue weighted by atomic mass is 10.1. The maximum absolute atomic E-state index is 12.3. The first-order valence-corrected chi connectivity index (χ1v) is 9.17. The molecule has 0 unspecified atom stereocenters. The molecule has 136 valence electrons. The monoisotopic (exact) mass is 378 g/mol. The van der Waals surface area contributed by atoms with Crippen molar-refractivity contribution in [1.29, 1.82) is 0 Å². The van der Waals surface area contributed by atoms with E-state index in [2.05, 4.69) is 38.2 Å². The average molecular weight is 379 g/mol. The van der Waals surface area contributed by atoms with Crippen LogP contribution in [0.15, 0.2) is 67.1 Å². The summed E-state index contributed by atoms with van der Waals surface area (Å²) in [5, 5.41) is 4.79. The lowest BCUT2D eigenvalue weighted by molar-refractivity contribution is 0.0952. The van der Waals surface area contributed by atoms with Gasteiger partial charge in [0.05, 0.1) is 0 Å². The van der Waals surface area contributed by atoms with Gasteiger partial charge in [0.2, 0.25) is 0 Å². The van der Waals surface area contributed by atoms with E-state index >= 15 is 0 Å². The molecule has 2 aromatic carbocycles. The van der Waals surface area contributed by atoms with Crippen LogP contribution in [0.1, 0.15) is 21.7 Å². The topological polar surface area (TPSA) is 62.7 Å². The smallest absolute Gasteiger partial charge is 0.251 e. The zero-order chi connectivity index (χ0) is 18.6. The maximum Gasteiger partial charge on any atom is 0.251 e. The number of hydrogen-bond acceptors (Lipinski definition) is 2. The number of benzene rings is 2. The summed E-state index contributed by atoms with van der Waals surface area (Å²) in [6, 6.07) is 15.2. The van der Waals surface area contributed by atoms with Crippen LogP contribution in [0, 0.1) is 0 Å². The number of halogens is 1. The van der Waals surface area contributed by atoms with Crippen molar-refractivity contribution >= 4 is 28.4 Å². The number of carbonyl (C=O) groups excluding carboxylic acids is 1. The van der Waals surface area contributed by atoms with Gasteiger partial charge in [0.1, 0.15) is 5.82 Å². The molecule has 0 fully saturated rings. The second kappa shape index (κ2) is 7.68. The summed E-state index contributed by atoms with van der Waals surface area (Å²) in [7, 11) is 0. The van der Waals surface area contributed by atoms with Gasteiger partial charge in [0.15, 0.2) is 0 Å². The summed E-state index contributed by atoms with van der Waals surface area (Å²) in [4.78, 5) is 19.7. The fourth-order valence-corrected chi connectivity index (χ4v) is 3.34. The summed E-state index contributed by atoms with van der Waals surface area (Å²) >= 11 is 5.87. The largest absolute Gasteiger partial charge is 0.350 e. The van der Waals surface area contributed by atoms with Gasteiger partial charge in [-0.1, -0.05) is 29.8 Å². The van der Waals surface area contributed by atoms with Gasteiger partial charge in [0.25, 0.3) is 5.91 Å². The highest BCUT2D eigenvalue weighted by Gasteiger charge is 2.10. The van der Waals surface area contributed by atoms with E-state index in [1.54, 1.807) is 30.5 Å². The van der Waals surface area contributed by atoms with Gasteiger partial charge >= 0.3 is 0 Å². The number of aromatic amines is 1. The minimum absolute atomic E-state index is 0.0982. The molecule has 0 aliphatic rings. The van der Waals surface area contributed by atoms with Crippen LogP contribution < -0.4 is 5.32 Å². The van der Waals surface area contributed by atoms with Gasteiger partial charge in [0, 0.05) is 59.6 Å². The van der Waals surface area contributed by atoms with Crippen molar-refractivity contribution in [3.05, 3.63) is 89.1 Å². The van der Waals surface area contributed by atoms with E-state index in [4.69, 9.17) is 11.6 Å². The number of nitrogens with zero attached hydrogens (tertiary/aromatic N) is 2. The lowest BCUT2D eigenvalue weighted by Gasteiger charge is -2.08. The van der Waals surface area contributed by atoms with E-state index in [0.717, 1.165) is 17.8 Å².